The van der Waals surface area contributed by atoms with Crippen LogP contribution in [0.2, 0.25) is 0 Å². The first kappa shape index (κ1) is 23.9. The van der Waals surface area contributed by atoms with Gasteiger partial charge in [-0.2, -0.15) is 0 Å². The Kier molecular flexibility index (Phi) is 6.65. The van der Waals surface area contributed by atoms with E-state index in [1.807, 2.05) is 60.4 Å². The van der Waals surface area contributed by atoms with Gasteiger partial charge in [0.05, 0.1) is 12.6 Å². The summed E-state index contributed by atoms with van der Waals surface area (Å²) >= 11 is 5.87. The van der Waals surface area contributed by atoms with Crippen LogP contribution in [0.15, 0.2) is 71.5 Å². The molecule has 4 aromatic rings. The largest absolute Gasteiger partial charge is 0.454 e. The molecule has 7 heteroatoms. The zero-order valence-electron chi connectivity index (χ0n) is 20.6. The molecule has 184 valence electrons. The number of thiocarbonyl (C=S) groups is 1. The molecule has 0 saturated heterocycles. The van der Waals surface area contributed by atoms with Crippen molar-refractivity contribution in [2.75, 3.05) is 6.79 Å². The van der Waals surface area contributed by atoms with Crippen molar-refractivity contribution in [2.24, 2.45) is 0 Å². The Labute approximate surface area is 215 Å². The van der Waals surface area contributed by atoms with Gasteiger partial charge in [-0.15, -0.1) is 0 Å². The van der Waals surface area contributed by atoms with Crippen molar-refractivity contribution < 1.29 is 9.47 Å². The second-order valence-corrected chi connectivity index (χ2v) is 9.66. The maximum absolute atomic E-state index is 13.1. The van der Waals surface area contributed by atoms with Gasteiger partial charge in [-0.3, -0.25) is 4.79 Å². The zero-order chi connectivity index (χ0) is 25.2. The fraction of sp³-hybridized carbons (Fsp3) is 0.241. The number of ether oxygens (including phenoxy) is 2. The first-order valence-electron chi connectivity index (χ1n) is 12.0. The number of pyridine rings is 1. The number of hydrogen-bond donors (Lipinski definition) is 2. The highest BCUT2D eigenvalue weighted by molar-refractivity contribution is 7.80. The van der Waals surface area contributed by atoms with Gasteiger partial charge in [0, 0.05) is 17.6 Å². The molecular formula is C29H29N3O3S. The summed E-state index contributed by atoms with van der Waals surface area (Å²) in [6.07, 6.45) is 0. The summed E-state index contributed by atoms with van der Waals surface area (Å²) < 4.78 is 11.0. The molecule has 6 nitrogen and oxygen atoms in total. The molecule has 0 amide bonds. The lowest BCUT2D eigenvalue weighted by molar-refractivity contribution is 0.174. The SMILES string of the molecule is Cc1cc2cc(CN(Cc3ccc4c(c3)OCO4)C(=S)NC(C)c3ccccc3)c(=O)[nH]c2cc1C. The highest BCUT2D eigenvalue weighted by Gasteiger charge is 2.19. The quantitative estimate of drug-likeness (QED) is 0.341. The predicted molar refractivity (Wildman–Crippen MR) is 146 cm³/mol. The normalized spacial score (nSPS) is 13.0. The molecule has 1 atom stereocenters. The second-order valence-electron chi connectivity index (χ2n) is 9.27. The molecule has 36 heavy (non-hydrogen) atoms. The Hall–Kier alpha value is -3.84. The minimum absolute atomic E-state index is 0.0125. The number of H-pyrrole nitrogens is 1. The summed E-state index contributed by atoms with van der Waals surface area (Å²) in [6, 6.07) is 22.2. The van der Waals surface area contributed by atoms with E-state index in [2.05, 4.69) is 42.3 Å². The third kappa shape index (κ3) is 5.06. The minimum Gasteiger partial charge on any atom is -0.454 e. The van der Waals surface area contributed by atoms with E-state index in [1.54, 1.807) is 0 Å². The van der Waals surface area contributed by atoms with Gasteiger partial charge >= 0.3 is 0 Å². The maximum Gasteiger partial charge on any atom is 0.253 e. The van der Waals surface area contributed by atoms with Gasteiger partial charge in [-0.05, 0) is 91.0 Å². The molecule has 5 rings (SSSR count). The molecule has 0 fully saturated rings. The van der Waals surface area contributed by atoms with Gasteiger partial charge in [0.25, 0.3) is 5.56 Å². The molecule has 0 radical (unpaired) electrons. The number of aryl methyl sites for hydroxylation is 2. The molecule has 1 unspecified atom stereocenters. The Morgan fingerprint density at radius 2 is 1.75 bits per heavy atom. The molecule has 1 aromatic heterocycles. The molecule has 2 N–H and O–H groups in total. The van der Waals surface area contributed by atoms with E-state index in [1.165, 1.54) is 5.56 Å². The van der Waals surface area contributed by atoms with Crippen LogP contribution >= 0.6 is 12.2 Å². The topological polar surface area (TPSA) is 66.6 Å². The number of hydrogen-bond acceptors (Lipinski definition) is 4. The second kappa shape index (κ2) is 10.0. The molecule has 2 heterocycles. The van der Waals surface area contributed by atoms with Crippen LogP contribution in [-0.4, -0.2) is 21.8 Å². The average molecular weight is 500 g/mol. The van der Waals surface area contributed by atoms with Crippen molar-refractivity contribution in [3.05, 3.63) is 105 Å². The standard InChI is InChI=1S/C29H29N3O3S/c1-18-11-23-14-24(28(33)31-25(23)12-19(18)2)16-32(15-21-9-10-26-27(13-21)35-17-34-26)29(36)30-20(3)22-7-5-4-6-8-22/h4-14,20H,15-17H2,1-3H3,(H,30,36)(H,31,33). The van der Waals surface area contributed by atoms with Crippen LogP contribution in [0.5, 0.6) is 11.5 Å². The van der Waals surface area contributed by atoms with Crippen LogP contribution in [0.3, 0.4) is 0 Å². The maximum atomic E-state index is 13.1. The molecule has 1 aliphatic rings. The Balaban J connectivity index is 1.45. The van der Waals surface area contributed by atoms with Crippen LogP contribution in [0.25, 0.3) is 10.9 Å². The van der Waals surface area contributed by atoms with Crippen molar-refractivity contribution in [1.82, 2.24) is 15.2 Å². The third-order valence-corrected chi connectivity index (χ3v) is 7.01. The van der Waals surface area contributed by atoms with Gasteiger partial charge in [-0.25, -0.2) is 0 Å². The van der Waals surface area contributed by atoms with Crippen LogP contribution < -0.4 is 20.3 Å². The number of aromatic amines is 1. The van der Waals surface area contributed by atoms with E-state index in [-0.39, 0.29) is 18.4 Å². The van der Waals surface area contributed by atoms with E-state index in [9.17, 15) is 4.79 Å². The van der Waals surface area contributed by atoms with Crippen molar-refractivity contribution in [1.29, 1.82) is 0 Å². The van der Waals surface area contributed by atoms with Crippen LogP contribution in [0.1, 0.15) is 40.8 Å². The lowest BCUT2D eigenvalue weighted by Crippen LogP contribution is -2.41. The van der Waals surface area contributed by atoms with Crippen LogP contribution in [-0.2, 0) is 13.1 Å². The molecular weight excluding hydrogens is 470 g/mol. The van der Waals surface area contributed by atoms with E-state index in [0.29, 0.717) is 23.8 Å². The molecule has 1 aliphatic heterocycles. The fourth-order valence-corrected chi connectivity index (χ4v) is 4.71. The number of nitrogens with one attached hydrogen (secondary N) is 2. The number of nitrogens with zero attached hydrogens (tertiary/aromatic N) is 1. The summed E-state index contributed by atoms with van der Waals surface area (Å²) in [4.78, 5) is 18.1. The monoisotopic (exact) mass is 499 g/mol. The fourth-order valence-electron chi connectivity index (χ4n) is 4.41. The lowest BCUT2D eigenvalue weighted by Gasteiger charge is -2.28. The number of fused-ring (bicyclic) bond motifs is 2. The lowest BCUT2D eigenvalue weighted by atomic mass is 10.0. The minimum atomic E-state index is -0.111. The van der Waals surface area contributed by atoms with E-state index >= 15 is 0 Å². The van der Waals surface area contributed by atoms with Crippen molar-refractivity contribution in [2.45, 2.75) is 39.9 Å². The van der Waals surface area contributed by atoms with Gasteiger partial charge in [0.1, 0.15) is 0 Å². The van der Waals surface area contributed by atoms with Crippen molar-refractivity contribution >= 4 is 28.2 Å². The number of rotatable bonds is 6. The molecule has 0 saturated carbocycles. The smallest absolute Gasteiger partial charge is 0.253 e. The number of aromatic nitrogens is 1. The average Bonchev–Trinajstić information content (AvgIpc) is 3.34. The summed E-state index contributed by atoms with van der Waals surface area (Å²) in [7, 11) is 0. The first-order chi connectivity index (χ1) is 17.4. The molecule has 3 aromatic carbocycles. The summed E-state index contributed by atoms with van der Waals surface area (Å²) in [5.74, 6) is 1.46. The van der Waals surface area contributed by atoms with Crippen LogP contribution in [0, 0.1) is 13.8 Å². The van der Waals surface area contributed by atoms with Gasteiger partial charge in [0.15, 0.2) is 16.6 Å². The third-order valence-electron chi connectivity index (χ3n) is 6.63. The predicted octanol–water partition coefficient (Wildman–Crippen LogP) is 5.51. The van der Waals surface area contributed by atoms with E-state index in [4.69, 9.17) is 21.7 Å². The summed E-state index contributed by atoms with van der Waals surface area (Å²) in [5.41, 5.74) is 5.87. The molecule has 0 bridgehead atoms. The highest BCUT2D eigenvalue weighted by Crippen LogP contribution is 2.33. The van der Waals surface area contributed by atoms with Crippen LogP contribution in [0.4, 0.5) is 0 Å². The molecule has 0 spiro atoms. The Morgan fingerprint density at radius 1 is 1.00 bits per heavy atom. The summed E-state index contributed by atoms with van der Waals surface area (Å²) in [5, 5.41) is 5.03. The number of benzene rings is 3. The van der Waals surface area contributed by atoms with Gasteiger partial charge in [-0.1, -0.05) is 36.4 Å². The van der Waals surface area contributed by atoms with Gasteiger partial charge < -0.3 is 24.7 Å². The van der Waals surface area contributed by atoms with Gasteiger partial charge in [0.2, 0.25) is 6.79 Å². The van der Waals surface area contributed by atoms with E-state index in [0.717, 1.165) is 39.1 Å². The van der Waals surface area contributed by atoms with E-state index < -0.39 is 0 Å². The van der Waals surface area contributed by atoms with Crippen molar-refractivity contribution in [3.63, 3.8) is 0 Å². The zero-order valence-corrected chi connectivity index (χ0v) is 21.4. The highest BCUT2D eigenvalue weighted by atomic mass is 32.1. The molecule has 0 aliphatic carbocycles. The first-order valence-corrected chi connectivity index (χ1v) is 12.4. The van der Waals surface area contributed by atoms with Crippen molar-refractivity contribution in [3.8, 4) is 11.5 Å². The summed E-state index contributed by atoms with van der Waals surface area (Å²) in [6.45, 7) is 7.30. The Morgan fingerprint density at radius 3 is 2.56 bits per heavy atom. The Bertz CT molecular complexity index is 1480.